The number of hydrogen-bond acceptors (Lipinski definition) is 2. The summed E-state index contributed by atoms with van der Waals surface area (Å²) in [7, 11) is 0. The molecule has 0 aliphatic carbocycles. The summed E-state index contributed by atoms with van der Waals surface area (Å²) in [5.41, 5.74) is 0.659. The molecule has 0 aromatic heterocycles. The number of anilines is 1. The van der Waals surface area contributed by atoms with Gasteiger partial charge < -0.3 is 15.5 Å². The van der Waals surface area contributed by atoms with Crippen LogP contribution in [0.5, 0.6) is 0 Å². The van der Waals surface area contributed by atoms with E-state index < -0.39 is 17.7 Å². The molecule has 8 heteroatoms. The second-order valence-electron chi connectivity index (χ2n) is 6.73. The van der Waals surface area contributed by atoms with Crippen LogP contribution in [0.1, 0.15) is 23.2 Å². The van der Waals surface area contributed by atoms with Gasteiger partial charge >= 0.3 is 6.03 Å². The summed E-state index contributed by atoms with van der Waals surface area (Å²) in [6, 6.07) is 9.25. The molecule has 3 amide bonds. The van der Waals surface area contributed by atoms with E-state index >= 15 is 0 Å². The molecular formula is C20H20BrF2N3O2. The van der Waals surface area contributed by atoms with Crippen LogP contribution in [-0.4, -0.2) is 36.5 Å². The highest BCUT2D eigenvalue weighted by molar-refractivity contribution is 9.10. The first kappa shape index (κ1) is 20.3. The van der Waals surface area contributed by atoms with Crippen molar-refractivity contribution < 1.29 is 18.4 Å². The van der Waals surface area contributed by atoms with Crippen molar-refractivity contribution in [3.8, 4) is 0 Å². The Morgan fingerprint density at radius 3 is 2.71 bits per heavy atom. The van der Waals surface area contributed by atoms with E-state index in [1.54, 1.807) is 11.0 Å². The smallest absolute Gasteiger partial charge is 0.319 e. The van der Waals surface area contributed by atoms with E-state index in [9.17, 15) is 18.4 Å². The van der Waals surface area contributed by atoms with E-state index in [-0.39, 0.29) is 17.4 Å². The minimum Gasteiger partial charge on any atom is -0.338 e. The Kier molecular flexibility index (Phi) is 6.61. The largest absolute Gasteiger partial charge is 0.338 e. The van der Waals surface area contributed by atoms with Crippen molar-refractivity contribution in [2.45, 2.75) is 12.8 Å². The van der Waals surface area contributed by atoms with Gasteiger partial charge in [0.15, 0.2) is 0 Å². The zero-order valence-corrected chi connectivity index (χ0v) is 16.6. The molecular weight excluding hydrogens is 432 g/mol. The molecule has 5 nitrogen and oxygen atoms in total. The van der Waals surface area contributed by atoms with Crippen molar-refractivity contribution in [3.05, 3.63) is 64.1 Å². The third-order valence-corrected chi connectivity index (χ3v) is 5.29. The number of nitrogens with zero attached hydrogens (tertiary/aromatic N) is 1. The predicted molar refractivity (Wildman–Crippen MR) is 106 cm³/mol. The fourth-order valence-electron chi connectivity index (χ4n) is 3.23. The highest BCUT2D eigenvalue weighted by Crippen LogP contribution is 2.23. The van der Waals surface area contributed by atoms with E-state index in [1.165, 1.54) is 36.4 Å². The molecule has 0 saturated carbocycles. The lowest BCUT2D eigenvalue weighted by atomic mass is 9.97. The number of benzene rings is 2. The Hall–Kier alpha value is -2.48. The lowest BCUT2D eigenvalue weighted by Crippen LogP contribution is -2.44. The number of halogens is 3. The van der Waals surface area contributed by atoms with Crippen LogP contribution < -0.4 is 10.6 Å². The highest BCUT2D eigenvalue weighted by atomic mass is 79.9. The monoisotopic (exact) mass is 451 g/mol. The lowest BCUT2D eigenvalue weighted by Gasteiger charge is -2.33. The number of amides is 3. The topological polar surface area (TPSA) is 61.4 Å². The standard InChI is InChI=1S/C20H20BrF2N3O2/c21-18-7-6-15(23)10-17(18)19(27)26-8-2-3-13(12-26)11-24-20(28)25-16-5-1-4-14(22)9-16/h1,4-7,9-10,13H,2-3,8,11-12H2,(H2,24,25,28). The summed E-state index contributed by atoms with van der Waals surface area (Å²) in [6.45, 7) is 1.45. The number of carbonyl (C=O) groups is 2. The van der Waals surface area contributed by atoms with Gasteiger partial charge in [-0.15, -0.1) is 0 Å². The number of rotatable bonds is 4. The van der Waals surface area contributed by atoms with E-state index in [2.05, 4.69) is 26.6 Å². The Morgan fingerprint density at radius 1 is 1.14 bits per heavy atom. The van der Waals surface area contributed by atoms with Gasteiger partial charge in [0, 0.05) is 29.8 Å². The molecule has 0 spiro atoms. The van der Waals surface area contributed by atoms with Crippen LogP contribution in [0.3, 0.4) is 0 Å². The van der Waals surface area contributed by atoms with E-state index in [0.717, 1.165) is 12.8 Å². The maximum atomic E-state index is 13.5. The average Bonchev–Trinajstić information content (AvgIpc) is 2.68. The molecule has 1 aliphatic rings. The summed E-state index contributed by atoms with van der Waals surface area (Å²) < 4.78 is 27.2. The van der Waals surface area contributed by atoms with Crippen LogP contribution >= 0.6 is 15.9 Å². The summed E-state index contributed by atoms with van der Waals surface area (Å²) in [5, 5.41) is 5.34. The quantitative estimate of drug-likeness (QED) is 0.723. The van der Waals surface area contributed by atoms with Crippen LogP contribution in [0.2, 0.25) is 0 Å². The van der Waals surface area contributed by atoms with Gasteiger partial charge in [0.05, 0.1) is 5.56 Å². The van der Waals surface area contributed by atoms with Crippen LogP contribution in [0.15, 0.2) is 46.9 Å². The number of urea groups is 1. The van der Waals surface area contributed by atoms with Crippen LogP contribution in [0.25, 0.3) is 0 Å². The highest BCUT2D eigenvalue weighted by Gasteiger charge is 2.26. The van der Waals surface area contributed by atoms with Gasteiger partial charge in [-0.05, 0) is 71.1 Å². The van der Waals surface area contributed by atoms with E-state index in [4.69, 9.17) is 0 Å². The van der Waals surface area contributed by atoms with Crippen LogP contribution in [0, 0.1) is 17.6 Å². The van der Waals surface area contributed by atoms with Crippen LogP contribution in [0.4, 0.5) is 19.3 Å². The molecule has 1 saturated heterocycles. The molecule has 2 aromatic carbocycles. The zero-order chi connectivity index (χ0) is 20.1. The molecule has 1 aliphatic heterocycles. The number of hydrogen-bond donors (Lipinski definition) is 2. The zero-order valence-electron chi connectivity index (χ0n) is 15.1. The molecule has 1 unspecified atom stereocenters. The molecule has 3 rings (SSSR count). The second-order valence-corrected chi connectivity index (χ2v) is 7.58. The fourth-order valence-corrected chi connectivity index (χ4v) is 3.64. The second kappa shape index (κ2) is 9.14. The van der Waals surface area contributed by atoms with Crippen molar-refractivity contribution >= 4 is 33.6 Å². The molecule has 1 atom stereocenters. The fraction of sp³-hybridized carbons (Fsp3) is 0.300. The summed E-state index contributed by atoms with van der Waals surface area (Å²) in [5.74, 6) is -1.04. The van der Waals surface area contributed by atoms with Gasteiger partial charge in [-0.25, -0.2) is 13.6 Å². The van der Waals surface area contributed by atoms with Gasteiger partial charge in [0.1, 0.15) is 11.6 Å². The van der Waals surface area contributed by atoms with Gasteiger partial charge in [-0.2, -0.15) is 0 Å². The molecule has 2 aromatic rings. The van der Waals surface area contributed by atoms with Crippen molar-refractivity contribution in [2.75, 3.05) is 25.0 Å². The minimum absolute atomic E-state index is 0.0864. The Bertz CT molecular complexity index is 878. The first-order chi connectivity index (χ1) is 13.4. The maximum Gasteiger partial charge on any atom is 0.319 e. The van der Waals surface area contributed by atoms with Crippen LogP contribution in [-0.2, 0) is 0 Å². The lowest BCUT2D eigenvalue weighted by molar-refractivity contribution is 0.0673. The van der Waals surface area contributed by atoms with E-state index in [0.29, 0.717) is 29.8 Å². The van der Waals surface area contributed by atoms with Gasteiger partial charge in [-0.1, -0.05) is 6.07 Å². The SMILES string of the molecule is O=C(NCC1CCCN(C(=O)c2cc(F)ccc2Br)C1)Nc1cccc(F)c1. The van der Waals surface area contributed by atoms with E-state index in [1.807, 2.05) is 0 Å². The summed E-state index contributed by atoms with van der Waals surface area (Å²) >= 11 is 3.29. The molecule has 2 N–H and O–H groups in total. The molecule has 148 valence electrons. The third-order valence-electron chi connectivity index (χ3n) is 4.60. The normalized spacial score (nSPS) is 16.5. The predicted octanol–water partition coefficient (Wildman–Crippen LogP) is 4.40. The minimum atomic E-state index is -0.462. The first-order valence-electron chi connectivity index (χ1n) is 8.97. The first-order valence-corrected chi connectivity index (χ1v) is 9.76. The maximum absolute atomic E-state index is 13.5. The summed E-state index contributed by atoms with van der Waals surface area (Å²) in [6.07, 6.45) is 1.67. The summed E-state index contributed by atoms with van der Waals surface area (Å²) in [4.78, 5) is 26.4. The van der Waals surface area contributed by atoms with Crippen molar-refractivity contribution in [2.24, 2.45) is 5.92 Å². The molecule has 1 heterocycles. The Labute approximate surface area is 170 Å². The molecule has 0 radical (unpaired) electrons. The number of nitrogens with one attached hydrogen (secondary N) is 2. The van der Waals surface area contributed by atoms with Crippen molar-refractivity contribution in [3.63, 3.8) is 0 Å². The molecule has 0 bridgehead atoms. The van der Waals surface area contributed by atoms with Crippen molar-refractivity contribution in [1.82, 2.24) is 10.2 Å². The molecule has 1 fully saturated rings. The number of likely N-dealkylation sites (tertiary alicyclic amines) is 1. The molecule has 28 heavy (non-hydrogen) atoms. The number of piperidine rings is 1. The average molecular weight is 452 g/mol. The van der Waals surface area contributed by atoms with Crippen molar-refractivity contribution in [1.29, 1.82) is 0 Å². The van der Waals surface area contributed by atoms with Gasteiger partial charge in [0.2, 0.25) is 0 Å². The Morgan fingerprint density at radius 2 is 1.93 bits per heavy atom. The number of carbonyl (C=O) groups excluding carboxylic acids is 2. The van der Waals surface area contributed by atoms with Gasteiger partial charge in [0.25, 0.3) is 5.91 Å². The third kappa shape index (κ3) is 5.28. The Balaban J connectivity index is 1.54. The van der Waals surface area contributed by atoms with Gasteiger partial charge in [-0.3, -0.25) is 4.79 Å².